The Morgan fingerprint density at radius 1 is 1.40 bits per heavy atom. The van der Waals surface area contributed by atoms with Gasteiger partial charge in [0.15, 0.2) is 16.7 Å². The molecule has 0 bridgehead atoms. The zero-order valence-corrected chi connectivity index (χ0v) is 9.54. The van der Waals surface area contributed by atoms with Crippen molar-refractivity contribution in [2.24, 2.45) is 0 Å². The summed E-state index contributed by atoms with van der Waals surface area (Å²) in [6.07, 6.45) is 2.28. The predicted molar refractivity (Wildman–Crippen MR) is 58.6 cm³/mol. The van der Waals surface area contributed by atoms with Gasteiger partial charge in [0.1, 0.15) is 6.33 Å². The van der Waals surface area contributed by atoms with E-state index in [0.717, 1.165) is 13.0 Å². The maximum atomic E-state index is 5.83. The van der Waals surface area contributed by atoms with Crippen molar-refractivity contribution in [3.63, 3.8) is 0 Å². The fourth-order valence-electron chi connectivity index (χ4n) is 1.08. The van der Waals surface area contributed by atoms with Gasteiger partial charge in [-0.15, -0.1) is 0 Å². The van der Waals surface area contributed by atoms with Gasteiger partial charge in [-0.3, -0.25) is 0 Å². The van der Waals surface area contributed by atoms with E-state index in [1.807, 2.05) is 0 Å². The third-order valence-electron chi connectivity index (χ3n) is 1.78. The molecular weight excluding hydrogens is 218 g/mol. The summed E-state index contributed by atoms with van der Waals surface area (Å²) in [6.45, 7) is 1.45. The van der Waals surface area contributed by atoms with Gasteiger partial charge in [-0.2, -0.15) is 0 Å². The molecule has 0 aliphatic carbocycles. The van der Waals surface area contributed by atoms with Crippen LogP contribution < -0.4 is 10.1 Å². The van der Waals surface area contributed by atoms with Crippen LogP contribution in [0.1, 0.15) is 6.42 Å². The molecule has 0 unspecified atom stereocenters. The number of methoxy groups -OCH3 is 2. The van der Waals surface area contributed by atoms with Crippen molar-refractivity contribution in [1.82, 2.24) is 9.97 Å². The quantitative estimate of drug-likeness (QED) is 0.595. The Balaban J connectivity index is 2.56. The van der Waals surface area contributed by atoms with E-state index in [4.69, 9.17) is 21.1 Å². The van der Waals surface area contributed by atoms with Crippen LogP contribution in [0.3, 0.4) is 0 Å². The van der Waals surface area contributed by atoms with E-state index in [1.54, 1.807) is 7.11 Å². The molecule has 6 heteroatoms. The van der Waals surface area contributed by atoms with E-state index in [-0.39, 0.29) is 0 Å². The molecule has 84 valence electrons. The van der Waals surface area contributed by atoms with Gasteiger partial charge in [0.2, 0.25) is 0 Å². The Morgan fingerprint density at radius 2 is 2.20 bits per heavy atom. The van der Waals surface area contributed by atoms with Gasteiger partial charge in [-0.25, -0.2) is 9.97 Å². The third-order valence-corrected chi connectivity index (χ3v) is 2.05. The standard InChI is InChI=1S/C9H14ClN3O2/c1-14-5-3-4-11-9-7(15-2)8(10)12-6-13-9/h6H,3-5H2,1-2H3,(H,11,12,13). The lowest BCUT2D eigenvalue weighted by molar-refractivity contribution is 0.197. The normalized spacial score (nSPS) is 10.1. The summed E-state index contributed by atoms with van der Waals surface area (Å²) in [6, 6.07) is 0. The van der Waals surface area contributed by atoms with E-state index in [1.165, 1.54) is 13.4 Å². The van der Waals surface area contributed by atoms with Crippen molar-refractivity contribution < 1.29 is 9.47 Å². The predicted octanol–water partition coefficient (Wildman–Crippen LogP) is 1.59. The molecule has 15 heavy (non-hydrogen) atoms. The van der Waals surface area contributed by atoms with Gasteiger partial charge in [0.25, 0.3) is 0 Å². The SMILES string of the molecule is COCCCNc1ncnc(Cl)c1OC. The molecule has 0 radical (unpaired) electrons. The molecule has 0 atom stereocenters. The smallest absolute Gasteiger partial charge is 0.198 e. The molecule has 1 aromatic rings. The van der Waals surface area contributed by atoms with E-state index in [2.05, 4.69) is 15.3 Å². The van der Waals surface area contributed by atoms with Gasteiger partial charge in [-0.1, -0.05) is 11.6 Å². The summed E-state index contributed by atoms with van der Waals surface area (Å²) in [4.78, 5) is 7.86. The van der Waals surface area contributed by atoms with Crippen LogP contribution in [0.5, 0.6) is 5.75 Å². The molecule has 0 aliphatic rings. The van der Waals surface area contributed by atoms with Crippen molar-refractivity contribution in [3.8, 4) is 5.75 Å². The van der Waals surface area contributed by atoms with E-state index < -0.39 is 0 Å². The van der Waals surface area contributed by atoms with Crippen LogP contribution in [0.4, 0.5) is 5.82 Å². The summed E-state index contributed by atoms with van der Waals surface area (Å²) in [5.74, 6) is 1.07. The van der Waals surface area contributed by atoms with Crippen molar-refractivity contribution in [3.05, 3.63) is 11.5 Å². The van der Waals surface area contributed by atoms with Gasteiger partial charge in [-0.05, 0) is 6.42 Å². The van der Waals surface area contributed by atoms with Crippen molar-refractivity contribution >= 4 is 17.4 Å². The Labute approximate surface area is 93.8 Å². The number of ether oxygens (including phenoxy) is 2. The molecule has 0 amide bonds. The van der Waals surface area contributed by atoms with Crippen LogP contribution in [0.25, 0.3) is 0 Å². The van der Waals surface area contributed by atoms with Crippen LogP contribution in [-0.2, 0) is 4.74 Å². The maximum Gasteiger partial charge on any atom is 0.198 e. The number of rotatable bonds is 6. The van der Waals surface area contributed by atoms with Gasteiger partial charge in [0.05, 0.1) is 7.11 Å². The summed E-state index contributed by atoms with van der Waals surface area (Å²) in [5, 5.41) is 3.41. The molecule has 0 saturated heterocycles. The zero-order chi connectivity index (χ0) is 11.1. The lowest BCUT2D eigenvalue weighted by Crippen LogP contribution is -2.07. The van der Waals surface area contributed by atoms with Crippen LogP contribution >= 0.6 is 11.6 Å². The Morgan fingerprint density at radius 3 is 2.87 bits per heavy atom. The second kappa shape index (κ2) is 6.42. The minimum absolute atomic E-state index is 0.307. The number of aromatic nitrogens is 2. The Hall–Kier alpha value is -1.07. The largest absolute Gasteiger partial charge is 0.490 e. The van der Waals surface area contributed by atoms with Crippen LogP contribution in [0, 0.1) is 0 Å². The molecular formula is C9H14ClN3O2. The monoisotopic (exact) mass is 231 g/mol. The topological polar surface area (TPSA) is 56.3 Å². The molecule has 5 nitrogen and oxygen atoms in total. The molecule has 1 N–H and O–H groups in total. The van der Waals surface area contributed by atoms with Gasteiger partial charge in [0, 0.05) is 20.3 Å². The molecule has 0 aromatic carbocycles. The number of halogens is 1. The molecule has 1 rings (SSSR count). The maximum absolute atomic E-state index is 5.83. The lowest BCUT2D eigenvalue weighted by Gasteiger charge is -2.09. The van der Waals surface area contributed by atoms with Crippen LogP contribution in [-0.4, -0.2) is 37.3 Å². The molecule has 1 heterocycles. The van der Waals surface area contributed by atoms with Crippen LogP contribution in [0.15, 0.2) is 6.33 Å². The molecule has 0 fully saturated rings. The van der Waals surface area contributed by atoms with E-state index >= 15 is 0 Å². The van der Waals surface area contributed by atoms with Crippen molar-refractivity contribution in [2.45, 2.75) is 6.42 Å². The second-order valence-corrected chi connectivity index (χ2v) is 3.18. The highest BCUT2D eigenvalue weighted by Crippen LogP contribution is 2.27. The number of nitrogens with zero attached hydrogens (tertiary/aromatic N) is 2. The summed E-state index contributed by atoms with van der Waals surface area (Å²) < 4.78 is 10.0. The zero-order valence-electron chi connectivity index (χ0n) is 8.79. The number of nitrogens with one attached hydrogen (secondary N) is 1. The first-order valence-electron chi connectivity index (χ1n) is 4.57. The first-order chi connectivity index (χ1) is 7.29. The minimum Gasteiger partial charge on any atom is -0.490 e. The second-order valence-electron chi connectivity index (χ2n) is 2.82. The minimum atomic E-state index is 0.307. The Bertz CT molecular complexity index is 309. The van der Waals surface area contributed by atoms with Gasteiger partial charge >= 0.3 is 0 Å². The molecule has 1 aromatic heterocycles. The first kappa shape index (κ1) is 12.0. The summed E-state index contributed by atoms with van der Waals surface area (Å²) in [7, 11) is 3.20. The van der Waals surface area contributed by atoms with E-state index in [9.17, 15) is 0 Å². The summed E-state index contributed by atoms with van der Waals surface area (Å²) >= 11 is 5.83. The highest BCUT2D eigenvalue weighted by atomic mass is 35.5. The summed E-state index contributed by atoms with van der Waals surface area (Å²) in [5.41, 5.74) is 0. The highest BCUT2D eigenvalue weighted by molar-refractivity contribution is 6.31. The first-order valence-corrected chi connectivity index (χ1v) is 4.94. The average Bonchev–Trinajstić information content (AvgIpc) is 2.24. The average molecular weight is 232 g/mol. The van der Waals surface area contributed by atoms with Gasteiger partial charge < -0.3 is 14.8 Å². The van der Waals surface area contributed by atoms with E-state index in [0.29, 0.717) is 23.3 Å². The molecule has 0 aliphatic heterocycles. The van der Waals surface area contributed by atoms with Crippen LogP contribution in [0.2, 0.25) is 5.15 Å². The fourth-order valence-corrected chi connectivity index (χ4v) is 1.29. The van der Waals surface area contributed by atoms with Crippen molar-refractivity contribution in [1.29, 1.82) is 0 Å². The number of hydrogen-bond donors (Lipinski definition) is 1. The molecule has 0 saturated carbocycles. The third kappa shape index (κ3) is 3.53. The van der Waals surface area contributed by atoms with Crippen molar-refractivity contribution in [2.75, 3.05) is 32.7 Å². The highest BCUT2D eigenvalue weighted by Gasteiger charge is 2.08. The number of hydrogen-bond acceptors (Lipinski definition) is 5. The molecule has 0 spiro atoms. The fraction of sp³-hybridized carbons (Fsp3) is 0.556. The Kier molecular flexibility index (Phi) is 5.14. The number of anilines is 1. The lowest BCUT2D eigenvalue weighted by atomic mass is 10.4.